The Morgan fingerprint density at radius 2 is 1.61 bits per heavy atom. The minimum atomic E-state index is -0.127. The van der Waals surface area contributed by atoms with Crippen molar-refractivity contribution in [1.82, 2.24) is 10.3 Å². The van der Waals surface area contributed by atoms with Gasteiger partial charge in [-0.05, 0) is 61.7 Å². The molecular formula is C23H23N3O2. The van der Waals surface area contributed by atoms with Crippen molar-refractivity contribution in [2.45, 2.75) is 19.8 Å². The number of amides is 1. The molecule has 1 aromatic heterocycles. The van der Waals surface area contributed by atoms with Crippen LogP contribution in [0.2, 0.25) is 0 Å². The number of hydrogen-bond donors (Lipinski definition) is 2. The topological polar surface area (TPSA) is 71.1 Å². The van der Waals surface area contributed by atoms with Crippen molar-refractivity contribution in [2.75, 3.05) is 11.9 Å². The van der Waals surface area contributed by atoms with Gasteiger partial charge in [0.15, 0.2) is 5.78 Å². The number of nitrogens with one attached hydrogen (secondary N) is 2. The smallest absolute Gasteiger partial charge is 0.252 e. The summed E-state index contributed by atoms with van der Waals surface area (Å²) in [5.41, 5.74) is 3.29. The minimum Gasteiger partial charge on any atom is -0.352 e. The van der Waals surface area contributed by atoms with Crippen molar-refractivity contribution >= 4 is 23.2 Å². The van der Waals surface area contributed by atoms with Crippen LogP contribution in [-0.4, -0.2) is 23.2 Å². The fourth-order valence-corrected chi connectivity index (χ4v) is 2.78. The second-order valence-electron chi connectivity index (χ2n) is 6.54. The van der Waals surface area contributed by atoms with Crippen molar-refractivity contribution < 1.29 is 9.59 Å². The Bertz CT molecular complexity index is 920. The molecule has 2 N–H and O–H groups in total. The van der Waals surface area contributed by atoms with E-state index in [1.807, 2.05) is 30.3 Å². The van der Waals surface area contributed by atoms with Crippen LogP contribution in [0.1, 0.15) is 39.6 Å². The minimum absolute atomic E-state index is 0.0313. The van der Waals surface area contributed by atoms with Gasteiger partial charge >= 0.3 is 0 Å². The van der Waals surface area contributed by atoms with Crippen molar-refractivity contribution in [3.8, 4) is 0 Å². The molecule has 0 saturated carbocycles. The number of aryl methyl sites for hydroxylation is 1. The highest BCUT2D eigenvalue weighted by molar-refractivity contribution is 5.94. The van der Waals surface area contributed by atoms with Gasteiger partial charge in [-0.3, -0.25) is 9.59 Å². The lowest BCUT2D eigenvalue weighted by Gasteiger charge is -2.08. The zero-order valence-corrected chi connectivity index (χ0v) is 15.8. The lowest BCUT2D eigenvalue weighted by atomic mass is 10.1. The second kappa shape index (κ2) is 9.46. The van der Waals surface area contributed by atoms with Crippen LogP contribution in [0, 0.1) is 0 Å². The van der Waals surface area contributed by atoms with Crippen molar-refractivity contribution in [3.63, 3.8) is 0 Å². The third-order valence-electron chi connectivity index (χ3n) is 4.36. The van der Waals surface area contributed by atoms with E-state index in [0.29, 0.717) is 23.5 Å². The number of aromatic nitrogens is 1. The van der Waals surface area contributed by atoms with Gasteiger partial charge in [0.25, 0.3) is 5.91 Å². The van der Waals surface area contributed by atoms with E-state index in [2.05, 4.69) is 27.8 Å². The van der Waals surface area contributed by atoms with Crippen LogP contribution in [0.3, 0.4) is 0 Å². The predicted octanol–water partition coefficient (Wildman–Crippen LogP) is 4.39. The van der Waals surface area contributed by atoms with Gasteiger partial charge < -0.3 is 10.6 Å². The molecule has 0 spiro atoms. The molecule has 3 aromatic rings. The molecule has 142 valence electrons. The molecule has 0 aliphatic heterocycles. The summed E-state index contributed by atoms with van der Waals surface area (Å²) in [4.78, 5) is 27.8. The van der Waals surface area contributed by atoms with Gasteiger partial charge in [-0.1, -0.05) is 30.3 Å². The number of pyridine rings is 1. The summed E-state index contributed by atoms with van der Waals surface area (Å²) in [5, 5.41) is 6.08. The summed E-state index contributed by atoms with van der Waals surface area (Å²) >= 11 is 0. The number of carbonyl (C=O) groups is 2. The van der Waals surface area contributed by atoms with Gasteiger partial charge in [0, 0.05) is 24.0 Å². The maximum Gasteiger partial charge on any atom is 0.252 e. The molecule has 0 fully saturated rings. The molecule has 0 aliphatic carbocycles. The molecule has 0 atom stereocenters. The van der Waals surface area contributed by atoms with E-state index in [9.17, 15) is 9.59 Å². The molecular weight excluding hydrogens is 350 g/mol. The van der Waals surface area contributed by atoms with Gasteiger partial charge in [-0.2, -0.15) is 0 Å². The summed E-state index contributed by atoms with van der Waals surface area (Å²) in [6.45, 7) is 2.16. The third kappa shape index (κ3) is 5.51. The van der Waals surface area contributed by atoms with Crippen LogP contribution >= 0.6 is 0 Å². The van der Waals surface area contributed by atoms with E-state index in [0.717, 1.165) is 18.5 Å². The summed E-state index contributed by atoms with van der Waals surface area (Å²) in [6.07, 6.45) is 3.38. The first-order valence-electron chi connectivity index (χ1n) is 9.28. The van der Waals surface area contributed by atoms with E-state index >= 15 is 0 Å². The standard InChI is InChI=1S/C23H23N3O2/c1-17(27)19-9-12-21(13-10-19)26-22-14-11-20(16-25-22)23(28)24-15-5-8-18-6-3-2-4-7-18/h2-4,6-7,9-14,16H,5,8,15H2,1H3,(H,24,28)(H,25,26). The Kier molecular flexibility index (Phi) is 6.52. The normalized spacial score (nSPS) is 10.3. The molecule has 0 radical (unpaired) electrons. The first-order valence-corrected chi connectivity index (χ1v) is 9.28. The summed E-state index contributed by atoms with van der Waals surface area (Å²) in [7, 11) is 0. The summed E-state index contributed by atoms with van der Waals surface area (Å²) < 4.78 is 0. The van der Waals surface area contributed by atoms with E-state index in [-0.39, 0.29) is 11.7 Å². The molecule has 0 aliphatic rings. The predicted molar refractivity (Wildman–Crippen MR) is 111 cm³/mol. The molecule has 2 aromatic carbocycles. The number of ketones is 1. The Hall–Kier alpha value is -3.47. The van der Waals surface area contributed by atoms with E-state index < -0.39 is 0 Å². The largest absolute Gasteiger partial charge is 0.352 e. The number of anilines is 2. The number of rotatable bonds is 8. The Morgan fingerprint density at radius 3 is 2.25 bits per heavy atom. The van der Waals surface area contributed by atoms with Crippen LogP contribution < -0.4 is 10.6 Å². The molecule has 0 saturated heterocycles. The number of hydrogen-bond acceptors (Lipinski definition) is 4. The van der Waals surface area contributed by atoms with Gasteiger partial charge in [-0.15, -0.1) is 0 Å². The zero-order valence-electron chi connectivity index (χ0n) is 15.8. The zero-order chi connectivity index (χ0) is 19.8. The maximum absolute atomic E-state index is 12.2. The van der Waals surface area contributed by atoms with Gasteiger partial charge in [-0.25, -0.2) is 4.98 Å². The highest BCUT2D eigenvalue weighted by atomic mass is 16.1. The molecule has 0 bridgehead atoms. The number of nitrogens with zero attached hydrogens (tertiary/aromatic N) is 1. The first-order chi connectivity index (χ1) is 13.6. The molecule has 5 nitrogen and oxygen atoms in total. The number of Topliss-reactive ketones (excluding diaryl/α,β-unsaturated/α-hetero) is 1. The van der Waals surface area contributed by atoms with Crippen molar-refractivity contribution in [3.05, 3.63) is 89.6 Å². The third-order valence-corrected chi connectivity index (χ3v) is 4.36. The van der Waals surface area contributed by atoms with Crippen LogP contribution in [0.25, 0.3) is 0 Å². The average Bonchev–Trinajstić information content (AvgIpc) is 2.73. The average molecular weight is 373 g/mol. The highest BCUT2D eigenvalue weighted by Gasteiger charge is 2.06. The van der Waals surface area contributed by atoms with Crippen LogP contribution in [0.4, 0.5) is 11.5 Å². The van der Waals surface area contributed by atoms with Gasteiger partial charge in [0.05, 0.1) is 5.56 Å². The monoisotopic (exact) mass is 373 g/mol. The van der Waals surface area contributed by atoms with E-state index in [1.165, 1.54) is 12.5 Å². The van der Waals surface area contributed by atoms with Crippen LogP contribution in [0.5, 0.6) is 0 Å². The Morgan fingerprint density at radius 1 is 0.893 bits per heavy atom. The fourth-order valence-electron chi connectivity index (χ4n) is 2.78. The van der Waals surface area contributed by atoms with Crippen molar-refractivity contribution in [2.24, 2.45) is 0 Å². The molecule has 3 rings (SSSR count). The Labute approximate surface area is 164 Å². The maximum atomic E-state index is 12.2. The first kappa shape index (κ1) is 19.3. The molecule has 5 heteroatoms. The van der Waals surface area contributed by atoms with E-state index in [1.54, 1.807) is 30.5 Å². The van der Waals surface area contributed by atoms with Crippen molar-refractivity contribution in [1.29, 1.82) is 0 Å². The fraction of sp³-hybridized carbons (Fsp3) is 0.174. The van der Waals surface area contributed by atoms with Gasteiger partial charge in [0.1, 0.15) is 5.82 Å². The lowest BCUT2D eigenvalue weighted by molar-refractivity contribution is 0.0952. The lowest BCUT2D eigenvalue weighted by Crippen LogP contribution is -2.24. The number of carbonyl (C=O) groups excluding carboxylic acids is 2. The molecule has 1 heterocycles. The van der Waals surface area contributed by atoms with Crippen LogP contribution in [-0.2, 0) is 6.42 Å². The Balaban J connectivity index is 1.47. The van der Waals surface area contributed by atoms with E-state index in [4.69, 9.17) is 0 Å². The quantitative estimate of drug-likeness (QED) is 0.454. The highest BCUT2D eigenvalue weighted by Crippen LogP contribution is 2.16. The number of benzene rings is 2. The van der Waals surface area contributed by atoms with Gasteiger partial charge in [0.2, 0.25) is 0 Å². The van der Waals surface area contributed by atoms with Crippen LogP contribution in [0.15, 0.2) is 72.9 Å². The second-order valence-corrected chi connectivity index (χ2v) is 6.54. The SMILES string of the molecule is CC(=O)c1ccc(Nc2ccc(C(=O)NCCCc3ccccc3)cn2)cc1. The molecule has 0 unspecified atom stereocenters. The summed E-state index contributed by atoms with van der Waals surface area (Å²) in [6, 6.07) is 20.9. The summed E-state index contributed by atoms with van der Waals surface area (Å²) in [5.74, 6) is 0.540. The molecule has 1 amide bonds. The molecule has 28 heavy (non-hydrogen) atoms.